The predicted octanol–water partition coefficient (Wildman–Crippen LogP) is 2.50. The van der Waals surface area contributed by atoms with Crippen LogP contribution in [0.2, 0.25) is 5.02 Å². The number of nitrogens with two attached hydrogens (primary N) is 1. The number of nitrogens with zero attached hydrogens (tertiary/aromatic N) is 1. The second kappa shape index (κ2) is 13.2. The number of carbonyl (C=O) groups is 2. The zero-order valence-electron chi connectivity index (χ0n) is 16.6. The van der Waals surface area contributed by atoms with Crippen LogP contribution in [0.25, 0.3) is 0 Å². The number of piperidine rings is 1. The zero-order valence-corrected chi connectivity index (χ0v) is 19.0. The molecular weight excluding hydrogens is 442 g/mol. The van der Waals surface area contributed by atoms with Crippen LogP contribution in [0.3, 0.4) is 0 Å². The average Bonchev–Trinajstić information content (AvgIpc) is 2.61. The van der Waals surface area contributed by atoms with E-state index in [-0.39, 0.29) is 61.0 Å². The molecule has 6 nitrogen and oxygen atoms in total. The quantitative estimate of drug-likeness (QED) is 0.570. The van der Waals surface area contributed by atoms with Crippen molar-refractivity contribution in [2.45, 2.75) is 45.3 Å². The molecule has 1 aromatic carbocycles. The lowest BCUT2D eigenvalue weighted by atomic mass is 10.0. The number of carbonyl (C=O) groups excluding carboxylic acids is 2. The Labute approximate surface area is 188 Å². The minimum Gasteiger partial charge on any atom is -0.351 e. The maximum atomic E-state index is 13.2. The lowest BCUT2D eigenvalue weighted by Gasteiger charge is -2.33. The summed E-state index contributed by atoms with van der Waals surface area (Å²) in [5, 5.41) is 5.93. The van der Waals surface area contributed by atoms with Crippen LogP contribution in [0.1, 0.15) is 32.3 Å². The summed E-state index contributed by atoms with van der Waals surface area (Å²) in [5.41, 5.74) is 6.62. The van der Waals surface area contributed by atoms with Gasteiger partial charge in [0.2, 0.25) is 11.8 Å². The Morgan fingerprint density at radius 1 is 1.34 bits per heavy atom. The first-order valence-corrected chi connectivity index (χ1v) is 9.63. The Balaban J connectivity index is 0.00000392. The number of benzene rings is 1. The van der Waals surface area contributed by atoms with Crippen molar-refractivity contribution in [3.05, 3.63) is 34.6 Å². The third kappa shape index (κ3) is 9.05. The minimum atomic E-state index is -0.622. The standard InChI is InChI=1S/C19H28ClFN4O2.2ClH/c1-12(2)18(22)19(27)23-9-17(26)24-15-4-3-7-25(11-15)10-13-5-6-14(21)8-16(13)20;;/h5-6,8,12,15,18H,3-4,7,9-11,22H2,1-2H3,(H,23,27)(H,24,26);2*1H/t15?,18-;;/m0../s1. The molecule has 1 aliphatic rings. The van der Waals surface area contributed by atoms with E-state index >= 15 is 0 Å². The molecule has 1 heterocycles. The first-order valence-electron chi connectivity index (χ1n) is 9.25. The monoisotopic (exact) mass is 470 g/mol. The van der Waals surface area contributed by atoms with E-state index in [1.54, 1.807) is 6.07 Å². The molecule has 0 spiro atoms. The number of rotatable bonds is 7. The molecule has 1 unspecified atom stereocenters. The first-order chi connectivity index (χ1) is 12.8. The molecule has 1 aliphatic heterocycles. The van der Waals surface area contributed by atoms with Crippen molar-refractivity contribution < 1.29 is 14.0 Å². The van der Waals surface area contributed by atoms with Gasteiger partial charge in [-0.3, -0.25) is 14.5 Å². The number of likely N-dealkylation sites (tertiary alicyclic amines) is 1. The van der Waals surface area contributed by atoms with Crippen molar-refractivity contribution in [3.63, 3.8) is 0 Å². The van der Waals surface area contributed by atoms with Gasteiger partial charge >= 0.3 is 0 Å². The first kappa shape index (κ1) is 27.9. The third-order valence-electron chi connectivity index (χ3n) is 4.72. The van der Waals surface area contributed by atoms with E-state index in [1.807, 2.05) is 13.8 Å². The fraction of sp³-hybridized carbons (Fsp3) is 0.579. The number of hydrogen-bond donors (Lipinski definition) is 3. The molecule has 0 radical (unpaired) electrons. The second-order valence-corrected chi connectivity index (χ2v) is 7.77. The Kier molecular flexibility index (Phi) is 12.7. The van der Waals surface area contributed by atoms with E-state index in [0.717, 1.165) is 24.9 Å². The smallest absolute Gasteiger partial charge is 0.239 e. The van der Waals surface area contributed by atoms with Gasteiger partial charge in [-0.15, -0.1) is 24.8 Å². The fourth-order valence-electron chi connectivity index (χ4n) is 3.07. The summed E-state index contributed by atoms with van der Waals surface area (Å²) in [7, 11) is 0. The van der Waals surface area contributed by atoms with Gasteiger partial charge in [-0.2, -0.15) is 0 Å². The SMILES string of the molecule is CC(C)[C@H](N)C(=O)NCC(=O)NC1CCCN(Cc2ccc(F)cc2Cl)C1.Cl.Cl. The van der Waals surface area contributed by atoms with Crippen molar-refractivity contribution in [2.24, 2.45) is 11.7 Å². The normalized spacial score (nSPS) is 17.7. The zero-order chi connectivity index (χ0) is 20.0. The Bertz CT molecular complexity index is 679. The Hall–Kier alpha value is -1.12. The molecule has 2 amide bonds. The fourth-order valence-corrected chi connectivity index (χ4v) is 3.30. The molecule has 0 aromatic heterocycles. The molecule has 0 bridgehead atoms. The van der Waals surface area contributed by atoms with Gasteiger partial charge in [0.1, 0.15) is 5.82 Å². The molecule has 2 atom stereocenters. The van der Waals surface area contributed by atoms with E-state index in [9.17, 15) is 14.0 Å². The van der Waals surface area contributed by atoms with Gasteiger partial charge in [0.05, 0.1) is 12.6 Å². The minimum absolute atomic E-state index is 0. The highest BCUT2D eigenvalue weighted by Gasteiger charge is 2.23. The van der Waals surface area contributed by atoms with Gasteiger partial charge in [0.15, 0.2) is 0 Å². The molecule has 2 rings (SSSR count). The highest BCUT2D eigenvalue weighted by atomic mass is 35.5. The molecule has 4 N–H and O–H groups in total. The molecule has 166 valence electrons. The molecule has 0 saturated carbocycles. The maximum absolute atomic E-state index is 13.2. The second-order valence-electron chi connectivity index (χ2n) is 7.37. The number of nitrogens with one attached hydrogen (secondary N) is 2. The van der Waals surface area contributed by atoms with Crippen LogP contribution in [0.15, 0.2) is 18.2 Å². The largest absolute Gasteiger partial charge is 0.351 e. The van der Waals surface area contributed by atoms with Crippen LogP contribution in [0.5, 0.6) is 0 Å². The molecule has 0 aliphatic carbocycles. The van der Waals surface area contributed by atoms with Gasteiger partial charge in [0.25, 0.3) is 0 Å². The van der Waals surface area contributed by atoms with Crippen LogP contribution in [0, 0.1) is 11.7 Å². The van der Waals surface area contributed by atoms with Crippen LogP contribution in [-0.2, 0) is 16.1 Å². The number of amides is 2. The van der Waals surface area contributed by atoms with Crippen molar-refractivity contribution >= 4 is 48.2 Å². The lowest BCUT2D eigenvalue weighted by molar-refractivity contribution is -0.127. The van der Waals surface area contributed by atoms with Gasteiger partial charge in [-0.1, -0.05) is 31.5 Å². The van der Waals surface area contributed by atoms with E-state index in [4.69, 9.17) is 17.3 Å². The van der Waals surface area contributed by atoms with Crippen LogP contribution in [-0.4, -0.2) is 48.4 Å². The predicted molar refractivity (Wildman–Crippen MR) is 118 cm³/mol. The summed E-state index contributed by atoms with van der Waals surface area (Å²) in [6.07, 6.45) is 1.81. The van der Waals surface area contributed by atoms with Crippen molar-refractivity contribution in [3.8, 4) is 0 Å². The average molecular weight is 472 g/mol. The topological polar surface area (TPSA) is 87.5 Å². The van der Waals surface area contributed by atoms with Crippen LogP contribution >= 0.6 is 36.4 Å². The summed E-state index contributed by atoms with van der Waals surface area (Å²) < 4.78 is 13.2. The molecule has 10 heteroatoms. The van der Waals surface area contributed by atoms with E-state index in [0.29, 0.717) is 18.1 Å². The molecule has 1 fully saturated rings. The highest BCUT2D eigenvalue weighted by molar-refractivity contribution is 6.31. The van der Waals surface area contributed by atoms with Crippen molar-refractivity contribution in [2.75, 3.05) is 19.6 Å². The summed E-state index contributed by atoms with van der Waals surface area (Å²) in [6.45, 7) is 5.80. The maximum Gasteiger partial charge on any atom is 0.239 e. The lowest BCUT2D eigenvalue weighted by Crippen LogP contribution is -2.51. The van der Waals surface area contributed by atoms with Crippen molar-refractivity contribution in [1.82, 2.24) is 15.5 Å². The number of halogens is 4. The molecule has 1 saturated heterocycles. The Morgan fingerprint density at radius 2 is 2.03 bits per heavy atom. The van der Waals surface area contributed by atoms with Gasteiger partial charge in [-0.05, 0) is 43.0 Å². The third-order valence-corrected chi connectivity index (χ3v) is 5.08. The van der Waals surface area contributed by atoms with Crippen molar-refractivity contribution in [1.29, 1.82) is 0 Å². The van der Waals surface area contributed by atoms with E-state index < -0.39 is 6.04 Å². The van der Waals surface area contributed by atoms with Crippen LogP contribution in [0.4, 0.5) is 4.39 Å². The molecular formula is C19H30Cl3FN4O2. The summed E-state index contributed by atoms with van der Waals surface area (Å²) in [4.78, 5) is 26.1. The van der Waals surface area contributed by atoms with E-state index in [1.165, 1.54) is 12.1 Å². The molecule has 1 aromatic rings. The van der Waals surface area contributed by atoms with E-state index in [2.05, 4.69) is 15.5 Å². The van der Waals surface area contributed by atoms with Gasteiger partial charge in [0, 0.05) is 24.2 Å². The number of hydrogen-bond acceptors (Lipinski definition) is 4. The highest BCUT2D eigenvalue weighted by Crippen LogP contribution is 2.21. The van der Waals surface area contributed by atoms with Gasteiger partial charge < -0.3 is 16.4 Å². The van der Waals surface area contributed by atoms with Gasteiger partial charge in [-0.25, -0.2) is 4.39 Å². The summed E-state index contributed by atoms with van der Waals surface area (Å²) >= 11 is 6.10. The molecule has 29 heavy (non-hydrogen) atoms. The Morgan fingerprint density at radius 3 is 2.66 bits per heavy atom. The summed E-state index contributed by atoms with van der Waals surface area (Å²) in [5.74, 6) is -0.896. The van der Waals surface area contributed by atoms with Crippen LogP contribution < -0.4 is 16.4 Å². The summed E-state index contributed by atoms with van der Waals surface area (Å²) in [6, 6.07) is 3.78.